The first kappa shape index (κ1) is 10.2. The summed E-state index contributed by atoms with van der Waals surface area (Å²) in [5.41, 5.74) is 0.809. The lowest BCUT2D eigenvalue weighted by Gasteiger charge is -2.02. The molecule has 0 saturated carbocycles. The Hall–Kier alpha value is -2.30. The molecule has 0 saturated heterocycles. The number of carbonyl (C=O) groups is 1. The van der Waals surface area contributed by atoms with Crippen LogP contribution < -0.4 is 4.74 Å². The molecule has 0 fully saturated rings. The first-order chi connectivity index (χ1) is 7.70. The Morgan fingerprint density at radius 2 is 2.00 bits per heavy atom. The number of carboxylic acids is 1. The molecule has 0 aliphatic heterocycles. The molecule has 1 aromatic carbocycles. The van der Waals surface area contributed by atoms with Gasteiger partial charge in [-0.2, -0.15) is 5.10 Å². The minimum absolute atomic E-state index is 0.0239. The third-order valence-electron chi connectivity index (χ3n) is 2.15. The summed E-state index contributed by atoms with van der Waals surface area (Å²) in [4.78, 5) is 10.7. The summed E-state index contributed by atoms with van der Waals surface area (Å²) in [6.45, 7) is 0. The zero-order chi connectivity index (χ0) is 11.5. The molecule has 16 heavy (non-hydrogen) atoms. The van der Waals surface area contributed by atoms with E-state index in [1.807, 2.05) is 0 Å². The molecule has 1 aromatic heterocycles. The number of aromatic carboxylic acids is 1. The fourth-order valence-corrected chi connectivity index (χ4v) is 1.32. The van der Waals surface area contributed by atoms with Crippen molar-refractivity contribution < 1.29 is 14.6 Å². The summed E-state index contributed by atoms with van der Waals surface area (Å²) in [7, 11) is 1.59. The number of carboxylic acid groups (broad SMARTS) is 1. The van der Waals surface area contributed by atoms with Gasteiger partial charge in [0.05, 0.1) is 12.8 Å². The Kier molecular flexibility index (Phi) is 2.59. The fraction of sp³-hybridized carbons (Fsp3) is 0.0909. The number of rotatable bonds is 3. The zero-order valence-electron chi connectivity index (χ0n) is 8.62. The van der Waals surface area contributed by atoms with Crippen LogP contribution in [0.3, 0.4) is 0 Å². The molecule has 5 nitrogen and oxygen atoms in total. The quantitative estimate of drug-likeness (QED) is 0.849. The van der Waals surface area contributed by atoms with Crippen LogP contribution in [0.15, 0.2) is 36.5 Å². The van der Waals surface area contributed by atoms with Gasteiger partial charge >= 0.3 is 5.97 Å². The summed E-state index contributed by atoms with van der Waals surface area (Å²) in [5, 5.41) is 12.6. The number of aromatic nitrogens is 2. The monoisotopic (exact) mass is 218 g/mol. The summed E-state index contributed by atoms with van der Waals surface area (Å²) < 4.78 is 6.53. The number of nitrogens with zero attached hydrogens (tertiary/aromatic N) is 2. The van der Waals surface area contributed by atoms with Gasteiger partial charge in [0.1, 0.15) is 5.75 Å². The van der Waals surface area contributed by atoms with Crippen molar-refractivity contribution in [2.75, 3.05) is 7.11 Å². The van der Waals surface area contributed by atoms with E-state index in [-0.39, 0.29) is 5.69 Å². The Morgan fingerprint density at radius 1 is 1.31 bits per heavy atom. The van der Waals surface area contributed by atoms with Crippen LogP contribution in [0.5, 0.6) is 5.75 Å². The predicted octanol–water partition coefficient (Wildman–Crippen LogP) is 1.58. The van der Waals surface area contributed by atoms with Gasteiger partial charge in [0.2, 0.25) is 0 Å². The van der Waals surface area contributed by atoms with Crippen LogP contribution in [-0.4, -0.2) is 28.0 Å². The maximum absolute atomic E-state index is 10.7. The molecule has 0 radical (unpaired) electrons. The van der Waals surface area contributed by atoms with Gasteiger partial charge in [-0.15, -0.1) is 0 Å². The predicted molar refractivity (Wildman–Crippen MR) is 57.1 cm³/mol. The minimum atomic E-state index is -1.03. The van der Waals surface area contributed by atoms with Gasteiger partial charge in [0, 0.05) is 6.20 Å². The Bertz CT molecular complexity index is 502. The fourth-order valence-electron chi connectivity index (χ4n) is 1.32. The lowest BCUT2D eigenvalue weighted by Crippen LogP contribution is -2.00. The Morgan fingerprint density at radius 3 is 2.50 bits per heavy atom. The maximum atomic E-state index is 10.7. The third-order valence-corrected chi connectivity index (χ3v) is 2.15. The van der Waals surface area contributed by atoms with Gasteiger partial charge in [-0.05, 0) is 30.3 Å². The van der Waals surface area contributed by atoms with E-state index in [4.69, 9.17) is 9.84 Å². The first-order valence-electron chi connectivity index (χ1n) is 4.64. The smallest absolute Gasteiger partial charge is 0.356 e. The van der Waals surface area contributed by atoms with E-state index in [1.165, 1.54) is 10.7 Å². The van der Waals surface area contributed by atoms with E-state index in [0.717, 1.165) is 11.4 Å². The molecule has 1 heterocycles. The van der Waals surface area contributed by atoms with E-state index in [1.54, 1.807) is 37.6 Å². The average Bonchev–Trinajstić information content (AvgIpc) is 2.78. The number of ether oxygens (including phenoxy) is 1. The van der Waals surface area contributed by atoms with Gasteiger partial charge in [0.25, 0.3) is 0 Å². The standard InChI is InChI=1S/C11H10N2O3/c1-16-9-4-2-8(3-5-9)13-7-6-10(12-13)11(14)15/h2-7H,1H3,(H,14,15). The van der Waals surface area contributed by atoms with E-state index in [0.29, 0.717) is 0 Å². The molecule has 0 aliphatic carbocycles. The van der Waals surface area contributed by atoms with E-state index in [9.17, 15) is 4.79 Å². The molecule has 0 aliphatic rings. The van der Waals surface area contributed by atoms with Gasteiger partial charge < -0.3 is 9.84 Å². The van der Waals surface area contributed by atoms with Crippen LogP contribution >= 0.6 is 0 Å². The van der Waals surface area contributed by atoms with E-state index >= 15 is 0 Å². The summed E-state index contributed by atoms with van der Waals surface area (Å²) in [6, 6.07) is 8.64. The lowest BCUT2D eigenvalue weighted by molar-refractivity contribution is 0.0690. The van der Waals surface area contributed by atoms with E-state index in [2.05, 4.69) is 5.10 Å². The second kappa shape index (κ2) is 4.06. The molecular weight excluding hydrogens is 208 g/mol. The van der Waals surface area contributed by atoms with Crippen molar-refractivity contribution in [3.05, 3.63) is 42.2 Å². The molecule has 1 N–H and O–H groups in total. The highest BCUT2D eigenvalue weighted by Crippen LogP contribution is 2.14. The van der Waals surface area contributed by atoms with Crippen molar-refractivity contribution in [1.82, 2.24) is 9.78 Å². The second-order valence-electron chi connectivity index (χ2n) is 3.15. The van der Waals surface area contributed by atoms with Crippen LogP contribution in [-0.2, 0) is 0 Å². The van der Waals surface area contributed by atoms with Crippen LogP contribution in [0.4, 0.5) is 0 Å². The molecule has 5 heteroatoms. The first-order valence-corrected chi connectivity index (χ1v) is 4.64. The van der Waals surface area contributed by atoms with Gasteiger partial charge in [-0.3, -0.25) is 0 Å². The number of hydrogen-bond donors (Lipinski definition) is 1. The van der Waals surface area contributed by atoms with Gasteiger partial charge in [0.15, 0.2) is 5.69 Å². The summed E-state index contributed by atoms with van der Waals surface area (Å²) in [5.74, 6) is -0.290. The van der Waals surface area contributed by atoms with Crippen molar-refractivity contribution in [3.8, 4) is 11.4 Å². The molecule has 2 aromatic rings. The topological polar surface area (TPSA) is 64.3 Å². The average molecular weight is 218 g/mol. The SMILES string of the molecule is COc1ccc(-n2ccc(C(=O)O)n2)cc1. The molecule has 0 spiro atoms. The Balaban J connectivity index is 2.31. The van der Waals surface area contributed by atoms with Crippen LogP contribution in [0.1, 0.15) is 10.5 Å². The third kappa shape index (κ3) is 1.88. The molecule has 2 rings (SSSR count). The highest BCUT2D eigenvalue weighted by molar-refractivity contribution is 5.85. The molecule has 82 valence electrons. The van der Waals surface area contributed by atoms with Gasteiger partial charge in [-0.1, -0.05) is 0 Å². The summed E-state index contributed by atoms with van der Waals surface area (Å²) >= 11 is 0. The summed E-state index contributed by atoms with van der Waals surface area (Å²) in [6.07, 6.45) is 1.60. The maximum Gasteiger partial charge on any atom is 0.356 e. The number of hydrogen-bond acceptors (Lipinski definition) is 3. The van der Waals surface area contributed by atoms with Crippen LogP contribution in [0.2, 0.25) is 0 Å². The van der Waals surface area contributed by atoms with Crippen molar-refractivity contribution >= 4 is 5.97 Å². The lowest BCUT2D eigenvalue weighted by atomic mass is 10.3. The zero-order valence-corrected chi connectivity index (χ0v) is 8.62. The second-order valence-corrected chi connectivity index (χ2v) is 3.15. The highest BCUT2D eigenvalue weighted by atomic mass is 16.5. The molecule has 0 bridgehead atoms. The van der Waals surface area contributed by atoms with Crippen molar-refractivity contribution in [1.29, 1.82) is 0 Å². The number of benzene rings is 1. The largest absolute Gasteiger partial charge is 0.497 e. The van der Waals surface area contributed by atoms with Gasteiger partial charge in [-0.25, -0.2) is 9.48 Å². The molecule has 0 amide bonds. The minimum Gasteiger partial charge on any atom is -0.497 e. The molecule has 0 unspecified atom stereocenters. The van der Waals surface area contributed by atoms with Crippen molar-refractivity contribution in [2.45, 2.75) is 0 Å². The van der Waals surface area contributed by atoms with Crippen LogP contribution in [0, 0.1) is 0 Å². The Labute approximate surface area is 91.9 Å². The highest BCUT2D eigenvalue weighted by Gasteiger charge is 2.07. The van der Waals surface area contributed by atoms with Crippen molar-refractivity contribution in [3.63, 3.8) is 0 Å². The number of methoxy groups -OCH3 is 1. The van der Waals surface area contributed by atoms with Crippen LogP contribution in [0.25, 0.3) is 5.69 Å². The molecular formula is C11H10N2O3. The normalized spacial score (nSPS) is 10.1. The van der Waals surface area contributed by atoms with E-state index < -0.39 is 5.97 Å². The molecule has 0 atom stereocenters. The van der Waals surface area contributed by atoms with Crippen molar-refractivity contribution in [2.24, 2.45) is 0 Å².